The molecule has 0 aromatic heterocycles. The van der Waals surface area contributed by atoms with Crippen molar-refractivity contribution in [3.8, 4) is 0 Å². The first-order valence-corrected chi connectivity index (χ1v) is 2.21. The van der Waals surface area contributed by atoms with Crippen LogP contribution in [-0.2, 0) is 9.59 Å². The predicted molar refractivity (Wildman–Crippen MR) is 28.7 cm³/mol. The molecule has 0 atom stereocenters. The van der Waals surface area contributed by atoms with Gasteiger partial charge in [0.15, 0.2) is 5.41 Å². The van der Waals surface area contributed by atoms with Gasteiger partial charge in [0.2, 0.25) is 0 Å². The minimum atomic E-state index is -1.92. The van der Waals surface area contributed by atoms with E-state index in [9.17, 15) is 9.59 Å². The number of carbonyl (C=O) groups is 2. The Hall–Kier alpha value is -1.06. The molecule has 0 amide bonds. The SMILES string of the molecule is [CH2]C(C)(C(=O)O)C(=O)O. The van der Waals surface area contributed by atoms with Gasteiger partial charge < -0.3 is 10.2 Å². The lowest BCUT2D eigenvalue weighted by atomic mass is 9.95. The molecule has 0 aliphatic carbocycles. The second-order valence-electron chi connectivity index (χ2n) is 1.94. The molecule has 0 rings (SSSR count). The third-order valence-electron chi connectivity index (χ3n) is 0.944. The zero-order chi connectivity index (χ0) is 7.65. The molecule has 2 N–H and O–H groups in total. The van der Waals surface area contributed by atoms with E-state index in [0.29, 0.717) is 0 Å². The topological polar surface area (TPSA) is 74.6 Å². The molecule has 0 fully saturated rings. The van der Waals surface area contributed by atoms with Crippen molar-refractivity contribution in [1.29, 1.82) is 0 Å². The Labute approximate surface area is 52.1 Å². The van der Waals surface area contributed by atoms with Crippen LogP contribution in [0.2, 0.25) is 0 Å². The molecule has 0 heterocycles. The summed E-state index contributed by atoms with van der Waals surface area (Å²) < 4.78 is 0. The standard InChI is InChI=1S/C5H7O4/c1-5(2,3(6)7)4(8)9/h1H2,2H3,(H,6,7)(H,8,9). The van der Waals surface area contributed by atoms with E-state index in [1.807, 2.05) is 0 Å². The van der Waals surface area contributed by atoms with Crippen LogP contribution in [-0.4, -0.2) is 22.2 Å². The minimum Gasteiger partial charge on any atom is -0.480 e. The fourth-order valence-corrected chi connectivity index (χ4v) is 0.0915. The molecule has 1 radical (unpaired) electrons. The summed E-state index contributed by atoms with van der Waals surface area (Å²) in [5.41, 5.74) is -1.92. The van der Waals surface area contributed by atoms with Crippen molar-refractivity contribution in [3.63, 3.8) is 0 Å². The Kier molecular flexibility index (Phi) is 1.80. The molecule has 0 spiro atoms. The molecule has 4 heteroatoms. The van der Waals surface area contributed by atoms with Crippen LogP contribution in [0.3, 0.4) is 0 Å². The van der Waals surface area contributed by atoms with Crippen molar-refractivity contribution in [2.45, 2.75) is 6.92 Å². The molecular formula is C5H7O4. The molecule has 0 aromatic rings. The van der Waals surface area contributed by atoms with Crippen LogP contribution in [0.5, 0.6) is 0 Å². The van der Waals surface area contributed by atoms with Gasteiger partial charge >= 0.3 is 11.9 Å². The van der Waals surface area contributed by atoms with Gasteiger partial charge in [0.05, 0.1) is 0 Å². The number of carboxylic acids is 2. The van der Waals surface area contributed by atoms with Gasteiger partial charge in [-0.15, -0.1) is 0 Å². The monoisotopic (exact) mass is 131 g/mol. The molecule has 0 saturated carbocycles. The molecule has 0 aromatic carbocycles. The second kappa shape index (κ2) is 2.05. The third-order valence-corrected chi connectivity index (χ3v) is 0.944. The second-order valence-corrected chi connectivity index (χ2v) is 1.94. The van der Waals surface area contributed by atoms with Crippen molar-refractivity contribution in [2.75, 3.05) is 0 Å². The molecule has 4 nitrogen and oxygen atoms in total. The van der Waals surface area contributed by atoms with Gasteiger partial charge in [-0.3, -0.25) is 9.59 Å². The first-order valence-electron chi connectivity index (χ1n) is 2.21. The highest BCUT2D eigenvalue weighted by atomic mass is 16.4. The Morgan fingerprint density at radius 2 is 1.56 bits per heavy atom. The summed E-state index contributed by atoms with van der Waals surface area (Å²) in [5, 5.41) is 16.3. The normalized spacial score (nSPS) is 10.9. The summed E-state index contributed by atoms with van der Waals surface area (Å²) in [6.07, 6.45) is 0. The van der Waals surface area contributed by atoms with Crippen LogP contribution in [0.4, 0.5) is 0 Å². The van der Waals surface area contributed by atoms with Crippen molar-refractivity contribution in [1.82, 2.24) is 0 Å². The minimum absolute atomic E-state index is 1.03. The van der Waals surface area contributed by atoms with E-state index in [-0.39, 0.29) is 0 Å². The number of hydrogen-bond acceptors (Lipinski definition) is 2. The summed E-state index contributed by atoms with van der Waals surface area (Å²) in [4.78, 5) is 20.0. The molecule has 0 unspecified atom stereocenters. The maximum Gasteiger partial charge on any atom is 0.320 e. The Morgan fingerprint density at radius 3 is 1.56 bits per heavy atom. The van der Waals surface area contributed by atoms with E-state index < -0.39 is 17.4 Å². The maximum atomic E-state index is 10.0. The summed E-state index contributed by atoms with van der Waals surface area (Å²) in [5.74, 6) is -2.87. The lowest BCUT2D eigenvalue weighted by Gasteiger charge is -2.10. The van der Waals surface area contributed by atoms with Crippen molar-refractivity contribution in [2.24, 2.45) is 5.41 Å². The Morgan fingerprint density at radius 1 is 1.33 bits per heavy atom. The Bertz CT molecular complexity index is 131. The van der Waals surface area contributed by atoms with Gasteiger partial charge in [-0.2, -0.15) is 0 Å². The van der Waals surface area contributed by atoms with Gasteiger partial charge in [-0.05, 0) is 13.8 Å². The third kappa shape index (κ3) is 1.42. The van der Waals surface area contributed by atoms with Crippen LogP contribution in [0, 0.1) is 12.3 Å². The largest absolute Gasteiger partial charge is 0.480 e. The van der Waals surface area contributed by atoms with Crippen molar-refractivity contribution >= 4 is 11.9 Å². The quantitative estimate of drug-likeness (QED) is 0.517. The lowest BCUT2D eigenvalue weighted by Crippen LogP contribution is -2.33. The zero-order valence-corrected chi connectivity index (χ0v) is 4.92. The number of aliphatic carboxylic acids is 2. The van der Waals surface area contributed by atoms with Crippen LogP contribution < -0.4 is 0 Å². The fraction of sp³-hybridized carbons (Fsp3) is 0.400. The maximum absolute atomic E-state index is 10.0. The van der Waals surface area contributed by atoms with Gasteiger partial charge in [0.1, 0.15) is 0 Å². The number of rotatable bonds is 2. The molecule has 0 saturated heterocycles. The Balaban J connectivity index is 4.38. The average molecular weight is 131 g/mol. The smallest absolute Gasteiger partial charge is 0.320 e. The highest BCUT2D eigenvalue weighted by molar-refractivity contribution is 5.98. The summed E-state index contributed by atoms with van der Waals surface area (Å²) >= 11 is 0. The van der Waals surface area contributed by atoms with Crippen LogP contribution in [0.15, 0.2) is 0 Å². The molecule has 0 bridgehead atoms. The highest BCUT2D eigenvalue weighted by Gasteiger charge is 2.35. The van der Waals surface area contributed by atoms with E-state index in [1.54, 1.807) is 0 Å². The number of carboxylic acid groups (broad SMARTS) is 2. The molecule has 0 aliphatic heterocycles. The number of hydrogen-bond donors (Lipinski definition) is 2. The molecule has 9 heavy (non-hydrogen) atoms. The van der Waals surface area contributed by atoms with E-state index >= 15 is 0 Å². The van der Waals surface area contributed by atoms with E-state index in [4.69, 9.17) is 10.2 Å². The zero-order valence-electron chi connectivity index (χ0n) is 4.92. The van der Waals surface area contributed by atoms with Gasteiger partial charge in [0.25, 0.3) is 0 Å². The van der Waals surface area contributed by atoms with E-state index in [1.165, 1.54) is 0 Å². The lowest BCUT2D eigenvalue weighted by molar-refractivity contribution is -0.159. The van der Waals surface area contributed by atoms with Crippen LogP contribution >= 0.6 is 0 Å². The molecule has 51 valence electrons. The van der Waals surface area contributed by atoms with Gasteiger partial charge in [-0.1, -0.05) is 0 Å². The predicted octanol–water partition coefficient (Wildman–Crippen LogP) is -0.00401. The molecule has 0 aliphatic rings. The van der Waals surface area contributed by atoms with Crippen molar-refractivity contribution in [3.05, 3.63) is 6.92 Å². The first kappa shape index (κ1) is 7.94. The van der Waals surface area contributed by atoms with Crippen LogP contribution in [0.1, 0.15) is 6.92 Å². The summed E-state index contributed by atoms with van der Waals surface area (Å²) in [6, 6.07) is 0. The van der Waals surface area contributed by atoms with E-state index in [0.717, 1.165) is 6.92 Å². The average Bonchev–Trinajstić information content (AvgIpc) is 1.65. The van der Waals surface area contributed by atoms with Gasteiger partial charge in [0, 0.05) is 0 Å². The summed E-state index contributed by atoms with van der Waals surface area (Å²) in [7, 11) is 0. The summed E-state index contributed by atoms with van der Waals surface area (Å²) in [6.45, 7) is 4.00. The van der Waals surface area contributed by atoms with Crippen molar-refractivity contribution < 1.29 is 19.8 Å². The fourth-order valence-electron chi connectivity index (χ4n) is 0.0915. The van der Waals surface area contributed by atoms with Gasteiger partial charge in [-0.25, -0.2) is 0 Å². The first-order chi connectivity index (χ1) is 3.89. The van der Waals surface area contributed by atoms with E-state index in [2.05, 4.69) is 6.92 Å². The molecular weight excluding hydrogens is 124 g/mol. The van der Waals surface area contributed by atoms with Crippen LogP contribution in [0.25, 0.3) is 0 Å². The highest BCUT2D eigenvalue weighted by Crippen LogP contribution is 2.13.